The van der Waals surface area contributed by atoms with Crippen molar-refractivity contribution >= 4 is 17.7 Å². The molecule has 1 aromatic carbocycles. The zero-order valence-corrected chi connectivity index (χ0v) is 9.93. The molecule has 0 radical (unpaired) electrons. The summed E-state index contributed by atoms with van der Waals surface area (Å²) >= 11 is 5.97. The average Bonchev–Trinajstić information content (AvgIpc) is 2.37. The zero-order chi connectivity index (χ0) is 12.1. The summed E-state index contributed by atoms with van der Waals surface area (Å²) in [5, 5.41) is 0.433. The summed E-state index contributed by atoms with van der Waals surface area (Å²) in [5.74, 6) is 0.627. The second kappa shape index (κ2) is 5.41. The summed E-state index contributed by atoms with van der Waals surface area (Å²) in [4.78, 5) is 8.62. The fourth-order valence-electron chi connectivity index (χ4n) is 1.40. The predicted octanol–water partition coefficient (Wildman–Crippen LogP) is 4.00. The number of halogens is 1. The van der Waals surface area contributed by atoms with Gasteiger partial charge in [-0.15, -0.1) is 0 Å². The van der Waals surface area contributed by atoms with Crippen LogP contribution in [0.15, 0.2) is 55.1 Å². The molecule has 2 rings (SSSR count). The molecule has 0 aliphatic heterocycles. The molecule has 0 bridgehead atoms. The van der Waals surface area contributed by atoms with Gasteiger partial charge in [0.05, 0.1) is 5.69 Å². The SMILES string of the molecule is C=C/C=C/c1cc(Cl)nc(-c2ccccc2)n1. The monoisotopic (exact) mass is 242 g/mol. The Hall–Kier alpha value is -1.93. The van der Waals surface area contributed by atoms with Crippen LogP contribution >= 0.6 is 11.6 Å². The lowest BCUT2D eigenvalue weighted by atomic mass is 10.2. The first-order valence-electron chi connectivity index (χ1n) is 5.19. The van der Waals surface area contributed by atoms with Crippen molar-refractivity contribution in [2.24, 2.45) is 0 Å². The molecule has 0 N–H and O–H groups in total. The molecular weight excluding hydrogens is 232 g/mol. The van der Waals surface area contributed by atoms with Crippen molar-refractivity contribution in [3.63, 3.8) is 0 Å². The van der Waals surface area contributed by atoms with Gasteiger partial charge in [0.1, 0.15) is 5.15 Å². The molecule has 0 amide bonds. The highest BCUT2D eigenvalue weighted by Crippen LogP contribution is 2.18. The van der Waals surface area contributed by atoms with Crippen molar-refractivity contribution in [2.75, 3.05) is 0 Å². The van der Waals surface area contributed by atoms with Crippen LogP contribution in [0.1, 0.15) is 5.69 Å². The third kappa shape index (κ3) is 3.02. The Balaban J connectivity index is 2.45. The molecule has 0 saturated heterocycles. The second-order valence-corrected chi connectivity index (χ2v) is 3.79. The van der Waals surface area contributed by atoms with Crippen LogP contribution in [-0.2, 0) is 0 Å². The highest BCUT2D eigenvalue weighted by atomic mass is 35.5. The Kier molecular flexibility index (Phi) is 3.68. The highest BCUT2D eigenvalue weighted by Gasteiger charge is 2.03. The van der Waals surface area contributed by atoms with Crippen molar-refractivity contribution in [1.82, 2.24) is 9.97 Å². The van der Waals surface area contributed by atoms with Gasteiger partial charge in [-0.05, 0) is 6.08 Å². The van der Waals surface area contributed by atoms with E-state index in [0.29, 0.717) is 11.0 Å². The molecule has 0 saturated carbocycles. The van der Waals surface area contributed by atoms with E-state index >= 15 is 0 Å². The lowest BCUT2D eigenvalue weighted by Gasteiger charge is -2.02. The van der Waals surface area contributed by atoms with Crippen molar-refractivity contribution in [2.45, 2.75) is 0 Å². The number of rotatable bonds is 3. The van der Waals surface area contributed by atoms with Crippen LogP contribution in [0.4, 0.5) is 0 Å². The third-order valence-electron chi connectivity index (χ3n) is 2.15. The van der Waals surface area contributed by atoms with Gasteiger partial charge in [0.25, 0.3) is 0 Å². The van der Waals surface area contributed by atoms with E-state index in [4.69, 9.17) is 11.6 Å². The molecule has 1 aromatic heterocycles. The van der Waals surface area contributed by atoms with Crippen molar-refractivity contribution in [3.05, 3.63) is 66.0 Å². The summed E-state index contributed by atoms with van der Waals surface area (Å²) in [5.41, 5.74) is 1.71. The van der Waals surface area contributed by atoms with Gasteiger partial charge in [-0.2, -0.15) is 0 Å². The van der Waals surface area contributed by atoms with Crippen LogP contribution in [0.25, 0.3) is 17.5 Å². The van der Waals surface area contributed by atoms with Gasteiger partial charge >= 0.3 is 0 Å². The molecule has 2 aromatic rings. The smallest absolute Gasteiger partial charge is 0.161 e. The molecule has 2 nitrogen and oxygen atoms in total. The van der Waals surface area contributed by atoms with Crippen LogP contribution in [0.2, 0.25) is 5.15 Å². The van der Waals surface area contributed by atoms with Crippen LogP contribution < -0.4 is 0 Å². The number of allylic oxidation sites excluding steroid dienone is 2. The first-order valence-corrected chi connectivity index (χ1v) is 5.56. The van der Waals surface area contributed by atoms with Crippen LogP contribution in [0, 0.1) is 0 Å². The summed E-state index contributed by atoms with van der Waals surface area (Å²) in [7, 11) is 0. The number of hydrogen-bond donors (Lipinski definition) is 0. The van der Waals surface area contributed by atoms with Gasteiger partial charge in [-0.3, -0.25) is 0 Å². The molecule has 0 fully saturated rings. The van der Waals surface area contributed by atoms with E-state index in [2.05, 4.69) is 16.5 Å². The first-order chi connectivity index (χ1) is 8.29. The maximum absolute atomic E-state index is 5.97. The van der Waals surface area contributed by atoms with E-state index in [-0.39, 0.29) is 0 Å². The van der Waals surface area contributed by atoms with Gasteiger partial charge in [0.2, 0.25) is 0 Å². The average molecular weight is 243 g/mol. The van der Waals surface area contributed by atoms with E-state index in [1.54, 1.807) is 12.1 Å². The van der Waals surface area contributed by atoms with E-state index < -0.39 is 0 Å². The molecule has 0 aliphatic carbocycles. The minimum Gasteiger partial charge on any atom is -0.229 e. The lowest BCUT2D eigenvalue weighted by molar-refractivity contribution is 1.16. The largest absolute Gasteiger partial charge is 0.229 e. The van der Waals surface area contributed by atoms with Gasteiger partial charge in [0.15, 0.2) is 5.82 Å². The number of nitrogens with zero attached hydrogens (tertiary/aromatic N) is 2. The van der Waals surface area contributed by atoms with E-state index in [9.17, 15) is 0 Å². The number of hydrogen-bond acceptors (Lipinski definition) is 2. The Labute approximate surface area is 105 Å². The van der Waals surface area contributed by atoms with Gasteiger partial charge in [0, 0.05) is 11.6 Å². The Morgan fingerprint density at radius 1 is 1.12 bits per heavy atom. The van der Waals surface area contributed by atoms with Crippen LogP contribution in [0.5, 0.6) is 0 Å². The molecule has 0 atom stereocenters. The molecule has 0 aliphatic rings. The van der Waals surface area contributed by atoms with Crippen molar-refractivity contribution in [1.29, 1.82) is 0 Å². The summed E-state index contributed by atoms with van der Waals surface area (Å²) in [6.07, 6.45) is 5.35. The summed E-state index contributed by atoms with van der Waals surface area (Å²) in [6, 6.07) is 11.5. The minimum absolute atomic E-state index is 0.433. The van der Waals surface area contributed by atoms with E-state index in [1.165, 1.54) is 0 Å². The van der Waals surface area contributed by atoms with Crippen LogP contribution in [-0.4, -0.2) is 9.97 Å². The van der Waals surface area contributed by atoms with E-state index in [1.807, 2.05) is 42.5 Å². The maximum Gasteiger partial charge on any atom is 0.161 e. The maximum atomic E-state index is 5.97. The molecule has 17 heavy (non-hydrogen) atoms. The molecule has 3 heteroatoms. The Morgan fingerprint density at radius 2 is 1.88 bits per heavy atom. The van der Waals surface area contributed by atoms with Gasteiger partial charge < -0.3 is 0 Å². The fourth-order valence-corrected chi connectivity index (χ4v) is 1.60. The van der Waals surface area contributed by atoms with Gasteiger partial charge in [-0.25, -0.2) is 9.97 Å². The zero-order valence-electron chi connectivity index (χ0n) is 9.18. The molecule has 0 unspecified atom stereocenters. The number of benzene rings is 1. The highest BCUT2D eigenvalue weighted by molar-refractivity contribution is 6.29. The Bertz CT molecular complexity index is 547. The summed E-state index contributed by atoms with van der Waals surface area (Å²) in [6.45, 7) is 3.62. The molecular formula is C14H11ClN2. The normalized spacial score (nSPS) is 10.6. The minimum atomic E-state index is 0.433. The lowest BCUT2D eigenvalue weighted by Crippen LogP contribution is -1.92. The Morgan fingerprint density at radius 3 is 2.59 bits per heavy atom. The first kappa shape index (κ1) is 11.6. The fraction of sp³-hybridized carbons (Fsp3) is 0. The molecule has 1 heterocycles. The topological polar surface area (TPSA) is 25.8 Å². The summed E-state index contributed by atoms with van der Waals surface area (Å²) < 4.78 is 0. The molecule has 84 valence electrons. The predicted molar refractivity (Wildman–Crippen MR) is 71.7 cm³/mol. The quantitative estimate of drug-likeness (QED) is 0.601. The number of aromatic nitrogens is 2. The third-order valence-corrected chi connectivity index (χ3v) is 2.34. The molecule has 0 spiro atoms. The van der Waals surface area contributed by atoms with E-state index in [0.717, 1.165) is 11.3 Å². The van der Waals surface area contributed by atoms with Gasteiger partial charge in [-0.1, -0.05) is 60.7 Å². The second-order valence-electron chi connectivity index (χ2n) is 3.40. The van der Waals surface area contributed by atoms with Crippen LogP contribution in [0.3, 0.4) is 0 Å². The van der Waals surface area contributed by atoms with Crippen molar-refractivity contribution < 1.29 is 0 Å². The van der Waals surface area contributed by atoms with Crippen molar-refractivity contribution in [3.8, 4) is 11.4 Å². The standard InChI is InChI=1S/C14H11ClN2/c1-2-3-9-12-10-13(15)17-14(16-12)11-7-5-4-6-8-11/h2-10H,1H2/b9-3+.